The predicted octanol–water partition coefficient (Wildman–Crippen LogP) is 0.961. The minimum absolute atomic E-state index is 0.0323. The average Bonchev–Trinajstić information content (AvgIpc) is 2.98. The number of nitrogens with zero attached hydrogens (tertiary/aromatic N) is 1. The topological polar surface area (TPSA) is 114 Å². The second-order valence-corrected chi connectivity index (χ2v) is 7.64. The lowest BCUT2D eigenvalue weighted by Gasteiger charge is -2.29. The number of amides is 3. The van der Waals surface area contributed by atoms with Gasteiger partial charge in [-0.15, -0.1) is 0 Å². The summed E-state index contributed by atoms with van der Waals surface area (Å²) in [6.45, 7) is 5.77. The highest BCUT2D eigenvalue weighted by Gasteiger charge is 2.32. The molecule has 0 bridgehead atoms. The molecule has 1 aromatic carbocycles. The maximum Gasteiger partial charge on any atom is 0.429 e. The Bertz CT molecular complexity index is 672. The van der Waals surface area contributed by atoms with Gasteiger partial charge in [0.25, 0.3) is 5.91 Å². The first-order valence-corrected chi connectivity index (χ1v) is 9.04. The molecular formula is C19H28N4O4. The highest BCUT2D eigenvalue weighted by molar-refractivity contribution is 5.85. The largest absolute Gasteiger partial charge is 0.442 e. The van der Waals surface area contributed by atoms with Gasteiger partial charge in [-0.1, -0.05) is 30.3 Å². The van der Waals surface area contributed by atoms with Gasteiger partial charge in [-0.3, -0.25) is 15.0 Å². The molecule has 0 saturated carbocycles. The third-order valence-corrected chi connectivity index (χ3v) is 4.06. The minimum atomic E-state index is -0.838. The molecule has 0 spiro atoms. The van der Waals surface area contributed by atoms with Crippen molar-refractivity contribution in [3.63, 3.8) is 0 Å². The second-order valence-electron chi connectivity index (χ2n) is 7.64. The van der Waals surface area contributed by atoms with Crippen LogP contribution in [0, 0.1) is 5.92 Å². The summed E-state index contributed by atoms with van der Waals surface area (Å²) in [5, 5.41) is 3.77. The third-order valence-electron chi connectivity index (χ3n) is 4.06. The molecule has 0 aromatic heterocycles. The summed E-state index contributed by atoms with van der Waals surface area (Å²) in [5.41, 5.74) is 8.70. The number of carbonyl (C=O) groups excluding carboxylic acids is 3. The zero-order chi connectivity index (χ0) is 20.0. The van der Waals surface area contributed by atoms with Crippen molar-refractivity contribution in [3.8, 4) is 0 Å². The fraction of sp³-hybridized carbons (Fsp3) is 0.526. The molecule has 1 aliphatic heterocycles. The van der Waals surface area contributed by atoms with Crippen molar-refractivity contribution in [3.05, 3.63) is 35.9 Å². The van der Waals surface area contributed by atoms with Gasteiger partial charge in [0.1, 0.15) is 5.60 Å². The average molecular weight is 376 g/mol. The van der Waals surface area contributed by atoms with E-state index in [0.717, 1.165) is 10.6 Å². The highest BCUT2D eigenvalue weighted by atomic mass is 16.6. The van der Waals surface area contributed by atoms with Crippen molar-refractivity contribution in [2.75, 3.05) is 13.1 Å². The van der Waals surface area contributed by atoms with Crippen molar-refractivity contribution in [2.45, 2.75) is 45.3 Å². The van der Waals surface area contributed by atoms with E-state index in [1.54, 1.807) is 20.8 Å². The van der Waals surface area contributed by atoms with Gasteiger partial charge in [0.2, 0.25) is 5.91 Å². The molecule has 2 atom stereocenters. The van der Waals surface area contributed by atoms with Crippen molar-refractivity contribution >= 4 is 17.9 Å². The Labute approximate surface area is 159 Å². The summed E-state index contributed by atoms with van der Waals surface area (Å²) in [6.07, 6.45) is 0.200. The molecule has 1 aliphatic rings. The molecule has 0 radical (unpaired) electrons. The van der Waals surface area contributed by atoms with Gasteiger partial charge in [0, 0.05) is 6.54 Å². The molecule has 27 heavy (non-hydrogen) atoms. The standard InChI is InChI=1S/C19H28N4O4/c1-19(2,3)27-18(26)23(12-14-9-10-21-16(14)24)22-17(25)15(20)11-13-7-5-4-6-8-13/h4-8,14-15H,9-12,20H2,1-3H3,(H,21,24)(H,22,25)/t14-,15-/m1/s1. The van der Waals surface area contributed by atoms with E-state index >= 15 is 0 Å². The number of hydrazine groups is 1. The smallest absolute Gasteiger partial charge is 0.429 e. The number of carbonyl (C=O) groups is 3. The SMILES string of the molecule is CC(C)(C)OC(=O)N(C[C@H]1CCNC1=O)NC(=O)[C@H](N)Cc1ccccc1. The normalized spacial score (nSPS) is 17.8. The van der Waals surface area contributed by atoms with Crippen LogP contribution in [0.15, 0.2) is 30.3 Å². The van der Waals surface area contributed by atoms with Crippen LogP contribution in [0.5, 0.6) is 0 Å². The van der Waals surface area contributed by atoms with E-state index in [0.29, 0.717) is 19.4 Å². The Morgan fingerprint density at radius 1 is 1.33 bits per heavy atom. The predicted molar refractivity (Wildman–Crippen MR) is 100 cm³/mol. The zero-order valence-electron chi connectivity index (χ0n) is 16.0. The molecule has 8 nitrogen and oxygen atoms in total. The summed E-state index contributed by atoms with van der Waals surface area (Å²) < 4.78 is 5.34. The van der Waals surface area contributed by atoms with E-state index in [-0.39, 0.29) is 12.5 Å². The summed E-state index contributed by atoms with van der Waals surface area (Å²) in [5.74, 6) is -1.06. The lowest BCUT2D eigenvalue weighted by Crippen LogP contribution is -2.55. The van der Waals surface area contributed by atoms with Crippen LogP contribution in [0.25, 0.3) is 0 Å². The first-order chi connectivity index (χ1) is 12.7. The van der Waals surface area contributed by atoms with Gasteiger partial charge in [-0.05, 0) is 39.2 Å². The van der Waals surface area contributed by atoms with Crippen LogP contribution >= 0.6 is 0 Å². The van der Waals surface area contributed by atoms with Crippen molar-refractivity contribution in [1.82, 2.24) is 15.8 Å². The maximum absolute atomic E-state index is 12.5. The number of nitrogens with two attached hydrogens (primary N) is 1. The van der Waals surface area contributed by atoms with E-state index in [4.69, 9.17) is 10.5 Å². The number of ether oxygens (including phenoxy) is 1. The molecule has 0 aliphatic carbocycles. The molecule has 148 valence electrons. The van der Waals surface area contributed by atoms with Crippen LogP contribution in [0.3, 0.4) is 0 Å². The number of benzene rings is 1. The fourth-order valence-electron chi connectivity index (χ4n) is 2.70. The van der Waals surface area contributed by atoms with E-state index < -0.39 is 29.6 Å². The van der Waals surface area contributed by atoms with Gasteiger partial charge in [0.15, 0.2) is 0 Å². The summed E-state index contributed by atoms with van der Waals surface area (Å²) >= 11 is 0. The molecule has 1 saturated heterocycles. The Hall–Kier alpha value is -2.61. The molecule has 4 N–H and O–H groups in total. The summed E-state index contributed by atoms with van der Waals surface area (Å²) in [4.78, 5) is 36.8. The summed E-state index contributed by atoms with van der Waals surface area (Å²) in [7, 11) is 0. The number of rotatable bonds is 5. The number of hydrogen-bond acceptors (Lipinski definition) is 5. The van der Waals surface area contributed by atoms with Crippen LogP contribution in [0.4, 0.5) is 4.79 Å². The number of hydrogen-bond donors (Lipinski definition) is 3. The van der Waals surface area contributed by atoms with Crippen LogP contribution in [0.2, 0.25) is 0 Å². The van der Waals surface area contributed by atoms with Crippen molar-refractivity contribution in [1.29, 1.82) is 0 Å². The molecule has 2 rings (SSSR count). The Kier molecular flexibility index (Phi) is 6.79. The van der Waals surface area contributed by atoms with E-state index in [1.807, 2.05) is 30.3 Å². The van der Waals surface area contributed by atoms with Gasteiger partial charge >= 0.3 is 6.09 Å². The van der Waals surface area contributed by atoms with Crippen LogP contribution < -0.4 is 16.5 Å². The Morgan fingerprint density at radius 3 is 2.56 bits per heavy atom. The zero-order valence-corrected chi connectivity index (χ0v) is 16.0. The number of nitrogens with one attached hydrogen (secondary N) is 2. The quantitative estimate of drug-likeness (QED) is 0.663. The molecule has 1 heterocycles. The van der Waals surface area contributed by atoms with Gasteiger partial charge in [-0.25, -0.2) is 9.80 Å². The van der Waals surface area contributed by atoms with Gasteiger partial charge in [-0.2, -0.15) is 0 Å². The Balaban J connectivity index is 2.03. The Morgan fingerprint density at radius 2 is 2.00 bits per heavy atom. The molecule has 3 amide bonds. The first kappa shape index (κ1) is 20.7. The minimum Gasteiger partial charge on any atom is -0.442 e. The van der Waals surface area contributed by atoms with Gasteiger partial charge in [0.05, 0.1) is 18.5 Å². The second kappa shape index (κ2) is 8.85. The lowest BCUT2D eigenvalue weighted by molar-refractivity contribution is -0.129. The monoisotopic (exact) mass is 376 g/mol. The highest BCUT2D eigenvalue weighted by Crippen LogP contribution is 2.14. The van der Waals surface area contributed by atoms with E-state index in [2.05, 4.69) is 10.7 Å². The maximum atomic E-state index is 12.5. The van der Waals surface area contributed by atoms with Crippen LogP contribution in [-0.4, -0.2) is 47.6 Å². The lowest BCUT2D eigenvalue weighted by atomic mass is 10.1. The van der Waals surface area contributed by atoms with Crippen molar-refractivity contribution in [2.24, 2.45) is 11.7 Å². The first-order valence-electron chi connectivity index (χ1n) is 9.04. The summed E-state index contributed by atoms with van der Waals surface area (Å²) in [6, 6.07) is 8.53. The van der Waals surface area contributed by atoms with Crippen LogP contribution in [-0.2, 0) is 20.7 Å². The fourth-order valence-corrected chi connectivity index (χ4v) is 2.70. The third kappa shape index (κ3) is 6.56. The van der Waals surface area contributed by atoms with E-state index in [9.17, 15) is 14.4 Å². The van der Waals surface area contributed by atoms with Crippen molar-refractivity contribution < 1.29 is 19.1 Å². The molecule has 8 heteroatoms. The molecular weight excluding hydrogens is 348 g/mol. The van der Waals surface area contributed by atoms with Gasteiger partial charge < -0.3 is 15.8 Å². The molecule has 1 fully saturated rings. The van der Waals surface area contributed by atoms with Crippen LogP contribution in [0.1, 0.15) is 32.8 Å². The van der Waals surface area contributed by atoms with E-state index in [1.165, 1.54) is 0 Å². The molecule has 0 unspecified atom stereocenters. The molecule has 1 aromatic rings.